The third-order valence-electron chi connectivity index (χ3n) is 4.03. The molecule has 116 valence electrons. The van der Waals surface area contributed by atoms with E-state index in [0.717, 1.165) is 16.7 Å². The summed E-state index contributed by atoms with van der Waals surface area (Å²) in [5.74, 6) is 0.876. The third kappa shape index (κ3) is 5.36. The summed E-state index contributed by atoms with van der Waals surface area (Å²) in [5, 5.41) is 3.76. The Morgan fingerprint density at radius 2 is 2.14 bits per heavy atom. The van der Waals surface area contributed by atoms with Gasteiger partial charge in [0.25, 0.3) is 0 Å². The van der Waals surface area contributed by atoms with Crippen molar-refractivity contribution >= 4 is 23.4 Å². The molecule has 1 amide bonds. The number of nitrogens with one attached hydrogen (secondary N) is 1. The van der Waals surface area contributed by atoms with E-state index in [2.05, 4.69) is 29.2 Å². The molecule has 3 nitrogen and oxygen atoms in total. The van der Waals surface area contributed by atoms with Crippen LogP contribution in [-0.2, 0) is 10.5 Å². The van der Waals surface area contributed by atoms with Crippen molar-refractivity contribution in [1.82, 2.24) is 0 Å². The lowest BCUT2D eigenvalue weighted by Crippen LogP contribution is -2.26. The molecule has 2 rings (SSSR count). The highest BCUT2D eigenvalue weighted by Gasteiger charge is 2.14. The Bertz CT molecular complexity index is 458. The number of nitrogens with two attached hydrogens (primary N) is 1. The molecule has 1 aliphatic rings. The van der Waals surface area contributed by atoms with Gasteiger partial charge in [0.15, 0.2) is 0 Å². The Kier molecular flexibility index (Phi) is 6.58. The van der Waals surface area contributed by atoms with E-state index in [-0.39, 0.29) is 11.8 Å². The molecule has 0 spiro atoms. The Morgan fingerprint density at radius 3 is 2.86 bits per heavy atom. The summed E-state index contributed by atoms with van der Waals surface area (Å²) in [5.41, 5.74) is 7.68. The Balaban J connectivity index is 1.86. The van der Waals surface area contributed by atoms with Crippen molar-refractivity contribution in [3.63, 3.8) is 0 Å². The van der Waals surface area contributed by atoms with Crippen molar-refractivity contribution < 1.29 is 4.79 Å². The lowest BCUT2D eigenvalue weighted by molar-refractivity contribution is -0.119. The third-order valence-corrected chi connectivity index (χ3v) is 5.48. The fraction of sp³-hybridized carbons (Fsp3) is 0.588. The largest absolute Gasteiger partial charge is 0.330 e. The van der Waals surface area contributed by atoms with Crippen molar-refractivity contribution in [3.8, 4) is 0 Å². The summed E-state index contributed by atoms with van der Waals surface area (Å²) < 4.78 is 0. The summed E-state index contributed by atoms with van der Waals surface area (Å²) in [6, 6.07) is 8.17. The van der Waals surface area contributed by atoms with E-state index in [0.29, 0.717) is 6.54 Å². The van der Waals surface area contributed by atoms with Crippen LogP contribution >= 0.6 is 11.8 Å². The molecule has 1 unspecified atom stereocenters. The molecule has 0 bridgehead atoms. The minimum Gasteiger partial charge on any atom is -0.330 e. The second-order valence-corrected chi connectivity index (χ2v) is 7.19. The van der Waals surface area contributed by atoms with Crippen LogP contribution in [0.5, 0.6) is 0 Å². The van der Waals surface area contributed by atoms with E-state index in [9.17, 15) is 4.79 Å². The number of hydrogen-bond acceptors (Lipinski definition) is 3. The molecule has 0 radical (unpaired) electrons. The van der Waals surface area contributed by atoms with E-state index >= 15 is 0 Å². The first-order valence-corrected chi connectivity index (χ1v) is 8.95. The van der Waals surface area contributed by atoms with Crippen LogP contribution in [0.1, 0.15) is 44.6 Å². The van der Waals surface area contributed by atoms with Crippen LogP contribution in [0.2, 0.25) is 0 Å². The van der Waals surface area contributed by atoms with Crippen molar-refractivity contribution in [2.45, 2.75) is 50.0 Å². The first-order valence-electron chi connectivity index (χ1n) is 7.90. The zero-order valence-corrected chi connectivity index (χ0v) is 13.6. The summed E-state index contributed by atoms with van der Waals surface area (Å²) in [4.78, 5) is 11.9. The standard InChI is InChI=1S/C17H26N2OS/c1-13(11-18)17(20)19-15-7-5-6-14(10-15)12-21-16-8-3-2-4-9-16/h5-7,10,13,16H,2-4,8-9,11-12,18H2,1H3,(H,19,20). The van der Waals surface area contributed by atoms with Gasteiger partial charge < -0.3 is 11.1 Å². The van der Waals surface area contributed by atoms with Crippen LogP contribution in [0.3, 0.4) is 0 Å². The van der Waals surface area contributed by atoms with Gasteiger partial charge in [-0.2, -0.15) is 11.8 Å². The van der Waals surface area contributed by atoms with Gasteiger partial charge >= 0.3 is 0 Å². The minimum absolute atomic E-state index is 0.00502. The van der Waals surface area contributed by atoms with Crippen LogP contribution in [0, 0.1) is 5.92 Å². The fourth-order valence-electron chi connectivity index (χ4n) is 2.56. The molecule has 1 aromatic carbocycles. The van der Waals surface area contributed by atoms with Gasteiger partial charge in [-0.15, -0.1) is 0 Å². The zero-order valence-electron chi connectivity index (χ0n) is 12.8. The molecule has 0 aromatic heterocycles. The molecule has 0 saturated heterocycles. The quantitative estimate of drug-likeness (QED) is 0.841. The molecular weight excluding hydrogens is 280 g/mol. The normalized spacial score (nSPS) is 17.4. The van der Waals surface area contributed by atoms with Crippen molar-refractivity contribution in [2.24, 2.45) is 11.7 Å². The maximum absolute atomic E-state index is 11.9. The molecule has 21 heavy (non-hydrogen) atoms. The number of benzene rings is 1. The van der Waals surface area contributed by atoms with Crippen LogP contribution in [0.4, 0.5) is 5.69 Å². The van der Waals surface area contributed by atoms with Gasteiger partial charge in [0.05, 0.1) is 0 Å². The van der Waals surface area contributed by atoms with Gasteiger partial charge in [-0.1, -0.05) is 38.3 Å². The number of amides is 1. The van der Waals surface area contributed by atoms with Crippen molar-refractivity contribution in [2.75, 3.05) is 11.9 Å². The number of anilines is 1. The van der Waals surface area contributed by atoms with E-state index in [1.165, 1.54) is 37.7 Å². The van der Waals surface area contributed by atoms with Gasteiger partial charge in [-0.3, -0.25) is 4.79 Å². The molecule has 1 saturated carbocycles. The average molecular weight is 306 g/mol. The van der Waals surface area contributed by atoms with Gasteiger partial charge in [-0.25, -0.2) is 0 Å². The number of hydrogen-bond donors (Lipinski definition) is 2. The Morgan fingerprint density at radius 1 is 1.38 bits per heavy atom. The second-order valence-electron chi connectivity index (χ2n) is 5.90. The Hall–Kier alpha value is -1.00. The summed E-state index contributed by atoms with van der Waals surface area (Å²) >= 11 is 2.06. The molecule has 1 fully saturated rings. The van der Waals surface area contributed by atoms with Crippen LogP contribution in [-0.4, -0.2) is 17.7 Å². The molecular formula is C17H26N2OS. The maximum atomic E-state index is 11.9. The maximum Gasteiger partial charge on any atom is 0.228 e. The molecule has 1 aromatic rings. The number of thioether (sulfide) groups is 1. The number of carbonyl (C=O) groups excluding carboxylic acids is 1. The Labute approximate surface area is 132 Å². The predicted octanol–water partition coefficient (Wildman–Crippen LogP) is 3.79. The zero-order chi connectivity index (χ0) is 15.1. The number of rotatable bonds is 6. The minimum atomic E-state index is -0.148. The topological polar surface area (TPSA) is 55.1 Å². The van der Waals surface area contributed by atoms with Crippen LogP contribution in [0.25, 0.3) is 0 Å². The van der Waals surface area contributed by atoms with Crippen LogP contribution in [0.15, 0.2) is 24.3 Å². The van der Waals surface area contributed by atoms with Crippen molar-refractivity contribution in [1.29, 1.82) is 0 Å². The van der Waals surface area contributed by atoms with E-state index < -0.39 is 0 Å². The molecule has 4 heteroatoms. The number of carbonyl (C=O) groups is 1. The molecule has 3 N–H and O–H groups in total. The fourth-order valence-corrected chi connectivity index (χ4v) is 3.83. The lowest BCUT2D eigenvalue weighted by atomic mass is 10.0. The van der Waals surface area contributed by atoms with E-state index in [1.54, 1.807) is 0 Å². The average Bonchev–Trinajstić information content (AvgIpc) is 2.53. The van der Waals surface area contributed by atoms with Crippen LogP contribution < -0.4 is 11.1 Å². The lowest BCUT2D eigenvalue weighted by Gasteiger charge is -2.21. The molecule has 0 aliphatic heterocycles. The highest BCUT2D eigenvalue weighted by atomic mass is 32.2. The van der Waals surface area contributed by atoms with E-state index in [1.807, 2.05) is 19.1 Å². The summed E-state index contributed by atoms with van der Waals surface area (Å²) in [6.45, 7) is 2.22. The molecule has 1 atom stereocenters. The van der Waals surface area contributed by atoms with Gasteiger partial charge in [0, 0.05) is 29.2 Å². The second kappa shape index (κ2) is 8.44. The first kappa shape index (κ1) is 16.4. The van der Waals surface area contributed by atoms with Gasteiger partial charge in [0.2, 0.25) is 5.91 Å². The highest BCUT2D eigenvalue weighted by molar-refractivity contribution is 7.99. The van der Waals surface area contributed by atoms with Gasteiger partial charge in [0.1, 0.15) is 0 Å². The first-order chi connectivity index (χ1) is 10.2. The monoisotopic (exact) mass is 306 g/mol. The van der Waals surface area contributed by atoms with Gasteiger partial charge in [-0.05, 0) is 30.5 Å². The molecule has 0 heterocycles. The molecule has 1 aliphatic carbocycles. The highest BCUT2D eigenvalue weighted by Crippen LogP contribution is 2.30. The van der Waals surface area contributed by atoms with E-state index in [4.69, 9.17) is 5.73 Å². The van der Waals surface area contributed by atoms with Crippen molar-refractivity contribution in [3.05, 3.63) is 29.8 Å². The smallest absolute Gasteiger partial charge is 0.228 e. The summed E-state index contributed by atoms with van der Waals surface area (Å²) in [6.07, 6.45) is 6.87. The predicted molar refractivity (Wildman–Crippen MR) is 91.5 cm³/mol. The SMILES string of the molecule is CC(CN)C(=O)Nc1cccc(CSC2CCCCC2)c1. The summed E-state index contributed by atoms with van der Waals surface area (Å²) in [7, 11) is 0.